The Morgan fingerprint density at radius 2 is 0.654 bits per heavy atom. The molecule has 0 bridgehead atoms. The fraction of sp³-hybridized carbons (Fsp3) is 0.0435. The van der Waals surface area contributed by atoms with Crippen LogP contribution in [0.5, 0.6) is 0 Å². The average molecular weight is 691 g/mol. The van der Waals surface area contributed by atoms with Gasteiger partial charge in [-0.15, -0.1) is 0 Å². The van der Waals surface area contributed by atoms with Crippen molar-refractivity contribution >= 4 is 12.4 Å². The van der Waals surface area contributed by atoms with E-state index in [0.29, 0.717) is 5.82 Å². The van der Waals surface area contributed by atoms with Crippen LogP contribution in [0.15, 0.2) is 176 Å². The first kappa shape index (κ1) is 32.9. The Morgan fingerprint density at radius 3 is 1.06 bits per heavy atom. The lowest BCUT2D eigenvalue weighted by Gasteiger charge is -2.17. The van der Waals surface area contributed by atoms with Crippen molar-refractivity contribution in [3.63, 3.8) is 0 Å². The summed E-state index contributed by atoms with van der Waals surface area (Å²) in [5.41, 5.74) is 11.5. The summed E-state index contributed by atoms with van der Waals surface area (Å²) in [5, 5.41) is 0.828. The van der Waals surface area contributed by atoms with Gasteiger partial charge in [-0.1, -0.05) is 170 Å². The standard InChI is InChI=1S/C46H35N4OP/c1-52(2,51)39-29-27-37(28-30-39)45-44(49-42(34-17-9-4-10-18-34)43(50-45)35-19-11-5-12-20-35)36-25-23-33(24-26-36)41-31-40(32-15-7-3-8-16-32)47-46(48-41)38-21-13-6-14-22-38/h3-31H,1-2H3. The maximum atomic E-state index is 12.9. The van der Waals surface area contributed by atoms with Gasteiger partial charge in [-0.3, -0.25) is 0 Å². The predicted molar refractivity (Wildman–Crippen MR) is 215 cm³/mol. The molecular formula is C46H35N4OP. The molecule has 8 rings (SSSR count). The molecule has 0 amide bonds. The summed E-state index contributed by atoms with van der Waals surface area (Å²) >= 11 is 0. The Hall–Kier alpha value is -6.29. The van der Waals surface area contributed by atoms with E-state index in [1.54, 1.807) is 13.3 Å². The van der Waals surface area contributed by atoms with Crippen molar-refractivity contribution in [3.8, 4) is 78.9 Å². The predicted octanol–water partition coefficient (Wildman–Crippen LogP) is 11.2. The molecule has 6 heteroatoms. The number of benzene rings is 6. The molecule has 0 unspecified atom stereocenters. The quantitative estimate of drug-likeness (QED) is 0.148. The summed E-state index contributed by atoms with van der Waals surface area (Å²) < 4.78 is 12.9. The molecular weight excluding hydrogens is 656 g/mol. The molecule has 0 saturated heterocycles. The van der Waals surface area contributed by atoms with Crippen molar-refractivity contribution in [3.05, 3.63) is 176 Å². The van der Waals surface area contributed by atoms with Gasteiger partial charge in [0.25, 0.3) is 0 Å². The van der Waals surface area contributed by atoms with Crippen LogP contribution in [-0.4, -0.2) is 33.3 Å². The summed E-state index contributed by atoms with van der Waals surface area (Å²) in [6, 6.07) is 59.0. The second-order valence-electron chi connectivity index (χ2n) is 13.0. The first-order valence-corrected chi connectivity index (χ1v) is 19.8. The highest BCUT2D eigenvalue weighted by Crippen LogP contribution is 2.39. The fourth-order valence-corrected chi connectivity index (χ4v) is 7.14. The van der Waals surface area contributed by atoms with Gasteiger partial charge in [-0.25, -0.2) is 19.9 Å². The lowest BCUT2D eigenvalue weighted by molar-refractivity contribution is 0.588. The van der Waals surface area contributed by atoms with Gasteiger partial charge in [0.1, 0.15) is 7.14 Å². The molecule has 0 radical (unpaired) electrons. The third kappa shape index (κ3) is 6.87. The molecule has 0 N–H and O–H groups in total. The van der Waals surface area contributed by atoms with Crippen molar-refractivity contribution in [1.82, 2.24) is 19.9 Å². The third-order valence-corrected chi connectivity index (χ3v) is 10.6. The number of hydrogen-bond donors (Lipinski definition) is 0. The molecule has 0 aliphatic carbocycles. The Morgan fingerprint density at radius 1 is 0.346 bits per heavy atom. The van der Waals surface area contributed by atoms with Crippen LogP contribution in [0.25, 0.3) is 78.9 Å². The first-order valence-electron chi connectivity index (χ1n) is 17.2. The zero-order valence-electron chi connectivity index (χ0n) is 28.9. The van der Waals surface area contributed by atoms with E-state index in [2.05, 4.69) is 60.7 Å². The molecule has 0 atom stereocenters. The first-order chi connectivity index (χ1) is 25.4. The van der Waals surface area contributed by atoms with Gasteiger partial charge in [-0.2, -0.15) is 0 Å². The van der Waals surface area contributed by atoms with E-state index in [0.717, 1.165) is 78.4 Å². The zero-order valence-corrected chi connectivity index (χ0v) is 29.8. The molecule has 0 fully saturated rings. The largest absolute Gasteiger partial charge is 0.319 e. The van der Waals surface area contributed by atoms with Crippen LogP contribution in [0.4, 0.5) is 0 Å². The SMILES string of the molecule is CP(C)(=O)c1ccc(-c2nc(-c3ccccc3)c(-c3ccccc3)nc2-c2ccc(-c3cc(-c4ccccc4)nc(-c4ccccc4)n3)cc2)cc1. The molecule has 250 valence electrons. The number of rotatable bonds is 8. The van der Waals surface area contributed by atoms with Crippen LogP contribution in [-0.2, 0) is 4.57 Å². The van der Waals surface area contributed by atoms with E-state index in [9.17, 15) is 4.57 Å². The Labute approximate surface area is 304 Å². The van der Waals surface area contributed by atoms with Gasteiger partial charge in [-0.05, 0) is 19.4 Å². The van der Waals surface area contributed by atoms with Crippen LogP contribution in [0.3, 0.4) is 0 Å². The molecule has 2 heterocycles. The van der Waals surface area contributed by atoms with Gasteiger partial charge >= 0.3 is 0 Å². The van der Waals surface area contributed by atoms with Crippen LogP contribution in [0, 0.1) is 0 Å². The van der Waals surface area contributed by atoms with Crippen LogP contribution >= 0.6 is 7.14 Å². The molecule has 8 aromatic rings. The van der Waals surface area contributed by atoms with E-state index in [1.807, 2.05) is 115 Å². The minimum absolute atomic E-state index is 0.672. The Balaban J connectivity index is 1.29. The summed E-state index contributed by atoms with van der Waals surface area (Å²) in [6.07, 6.45) is 0. The second-order valence-corrected chi connectivity index (χ2v) is 16.2. The summed E-state index contributed by atoms with van der Waals surface area (Å²) in [4.78, 5) is 20.8. The summed E-state index contributed by atoms with van der Waals surface area (Å²) in [6.45, 7) is 3.58. The Kier molecular flexibility index (Phi) is 8.95. The van der Waals surface area contributed by atoms with E-state index >= 15 is 0 Å². The van der Waals surface area contributed by atoms with Crippen molar-refractivity contribution < 1.29 is 4.57 Å². The van der Waals surface area contributed by atoms with E-state index < -0.39 is 7.14 Å². The average Bonchev–Trinajstić information content (AvgIpc) is 3.21. The molecule has 0 spiro atoms. The van der Waals surface area contributed by atoms with Crippen molar-refractivity contribution in [2.75, 3.05) is 13.3 Å². The molecule has 0 saturated carbocycles. The topological polar surface area (TPSA) is 68.6 Å². The van der Waals surface area contributed by atoms with Crippen LogP contribution in [0.1, 0.15) is 0 Å². The highest BCUT2D eigenvalue weighted by molar-refractivity contribution is 7.70. The minimum Gasteiger partial charge on any atom is -0.319 e. The summed E-state index contributed by atoms with van der Waals surface area (Å²) in [5.74, 6) is 0.672. The van der Waals surface area contributed by atoms with Crippen LogP contribution < -0.4 is 5.30 Å². The molecule has 0 aliphatic rings. The van der Waals surface area contributed by atoms with E-state index in [-0.39, 0.29) is 0 Å². The smallest absolute Gasteiger partial charge is 0.160 e. The molecule has 6 aromatic carbocycles. The molecule has 2 aromatic heterocycles. The van der Waals surface area contributed by atoms with Crippen molar-refractivity contribution in [1.29, 1.82) is 0 Å². The monoisotopic (exact) mass is 690 g/mol. The fourth-order valence-electron chi connectivity index (χ4n) is 6.28. The number of nitrogens with zero attached hydrogens (tertiary/aromatic N) is 4. The maximum absolute atomic E-state index is 12.9. The summed E-state index contributed by atoms with van der Waals surface area (Å²) in [7, 11) is -2.43. The molecule has 5 nitrogen and oxygen atoms in total. The third-order valence-electron chi connectivity index (χ3n) is 9.03. The maximum Gasteiger partial charge on any atom is 0.160 e. The van der Waals surface area contributed by atoms with Crippen molar-refractivity contribution in [2.24, 2.45) is 0 Å². The lowest BCUT2D eigenvalue weighted by atomic mass is 9.98. The van der Waals surface area contributed by atoms with Crippen LogP contribution in [0.2, 0.25) is 0 Å². The number of hydrogen-bond acceptors (Lipinski definition) is 5. The zero-order chi connectivity index (χ0) is 35.5. The van der Waals surface area contributed by atoms with E-state index in [4.69, 9.17) is 19.9 Å². The van der Waals surface area contributed by atoms with Gasteiger partial charge in [0.05, 0.1) is 34.2 Å². The van der Waals surface area contributed by atoms with Gasteiger partial charge in [0.2, 0.25) is 0 Å². The molecule has 0 aliphatic heterocycles. The van der Waals surface area contributed by atoms with Crippen molar-refractivity contribution in [2.45, 2.75) is 0 Å². The van der Waals surface area contributed by atoms with Gasteiger partial charge in [0, 0.05) is 44.2 Å². The van der Waals surface area contributed by atoms with Gasteiger partial charge < -0.3 is 4.57 Å². The highest BCUT2D eigenvalue weighted by Gasteiger charge is 2.21. The highest BCUT2D eigenvalue weighted by atomic mass is 31.2. The van der Waals surface area contributed by atoms with Gasteiger partial charge in [0.15, 0.2) is 5.82 Å². The molecule has 52 heavy (non-hydrogen) atoms. The minimum atomic E-state index is -2.43. The lowest BCUT2D eigenvalue weighted by Crippen LogP contribution is -2.04. The Bertz CT molecular complexity index is 2460. The normalized spacial score (nSPS) is 11.3. The van der Waals surface area contributed by atoms with E-state index in [1.165, 1.54) is 0 Å². The second kappa shape index (κ2) is 14.1. The number of aromatic nitrogens is 4.